The lowest BCUT2D eigenvalue weighted by Gasteiger charge is -2.19. The monoisotopic (exact) mass is 281 g/mol. The van der Waals surface area contributed by atoms with Crippen LogP contribution >= 0.6 is 11.6 Å². The van der Waals surface area contributed by atoms with E-state index in [9.17, 15) is 4.79 Å². The number of rotatable bonds is 2. The third-order valence-electron chi connectivity index (χ3n) is 3.29. The number of halogens is 1. The minimum Gasteiger partial charge on any atom is -0.333 e. The van der Waals surface area contributed by atoms with Crippen LogP contribution in [-0.4, -0.2) is 25.7 Å². The summed E-state index contributed by atoms with van der Waals surface area (Å²) in [6.45, 7) is 0. The highest BCUT2D eigenvalue weighted by molar-refractivity contribution is 6.28. The minimum atomic E-state index is -0.341. The number of hydrogen-bond acceptors (Lipinski definition) is 5. The van der Waals surface area contributed by atoms with Crippen molar-refractivity contribution < 1.29 is 11.0 Å². The maximum absolute atomic E-state index is 12.1. The molecule has 0 amide bonds. The Labute approximate surface area is 116 Å². The summed E-state index contributed by atoms with van der Waals surface area (Å²) >= 11 is 5.72. The second-order valence-corrected chi connectivity index (χ2v) is 4.94. The number of imidazole rings is 1. The van der Waals surface area contributed by atoms with E-state index in [-0.39, 0.29) is 29.1 Å². The molecular formula is C12H13ClN4O2. The fraction of sp³-hybridized carbons (Fsp3) is 0.500. The van der Waals surface area contributed by atoms with Crippen molar-refractivity contribution in [1.82, 2.24) is 19.7 Å². The van der Waals surface area contributed by atoms with Crippen molar-refractivity contribution in [3.05, 3.63) is 17.8 Å². The lowest BCUT2D eigenvalue weighted by atomic mass is 9.89. The zero-order valence-electron chi connectivity index (χ0n) is 11.2. The number of hydrogen-bond donors (Lipinski definition) is 0. The van der Waals surface area contributed by atoms with E-state index >= 15 is 0 Å². The molecule has 1 fully saturated rings. The molecule has 2 heterocycles. The van der Waals surface area contributed by atoms with Crippen LogP contribution in [0.2, 0.25) is 5.28 Å². The van der Waals surface area contributed by atoms with E-state index < -0.39 is 0 Å². The van der Waals surface area contributed by atoms with Gasteiger partial charge in [0.15, 0.2) is 0 Å². The highest BCUT2D eigenvalue weighted by Crippen LogP contribution is 2.24. The fourth-order valence-corrected chi connectivity index (χ4v) is 2.42. The molecule has 0 aromatic carbocycles. The van der Waals surface area contributed by atoms with Gasteiger partial charge in [-0.15, -0.1) is 4.73 Å². The molecule has 2 aromatic heterocycles. The van der Waals surface area contributed by atoms with Gasteiger partial charge in [-0.2, -0.15) is 4.98 Å². The third kappa shape index (κ3) is 2.53. The molecule has 0 saturated heterocycles. The molecule has 1 aliphatic carbocycles. The van der Waals surface area contributed by atoms with E-state index in [0.29, 0.717) is 5.52 Å². The number of carbonyl (C=O) groups excluding carboxylic acids is 1. The van der Waals surface area contributed by atoms with E-state index in [1.807, 2.05) is 0 Å². The van der Waals surface area contributed by atoms with Crippen LogP contribution in [0.3, 0.4) is 0 Å². The summed E-state index contributed by atoms with van der Waals surface area (Å²) in [5, 5.41) is 0.0207. The van der Waals surface area contributed by atoms with Crippen molar-refractivity contribution in [1.29, 1.82) is 0 Å². The number of carbonyl (C=O) groups is 1. The normalized spacial score (nSPS) is 17.4. The summed E-state index contributed by atoms with van der Waals surface area (Å²) in [6, 6.07) is 0. The molecule has 1 aliphatic rings. The van der Waals surface area contributed by atoms with Gasteiger partial charge in [0.1, 0.15) is 13.2 Å². The predicted octanol–water partition coefficient (Wildman–Crippen LogP) is 2.02. The topological polar surface area (TPSA) is 69.9 Å². The number of fused-ring (bicyclic) bond motifs is 1. The first-order valence-electron chi connectivity index (χ1n) is 6.75. The van der Waals surface area contributed by atoms with E-state index in [1.54, 1.807) is 0 Å². The Morgan fingerprint density at radius 2 is 2.21 bits per heavy atom. The van der Waals surface area contributed by atoms with Crippen LogP contribution in [0.1, 0.15) is 33.5 Å². The molecule has 1 saturated carbocycles. The Kier molecular flexibility index (Phi) is 3.01. The molecule has 19 heavy (non-hydrogen) atoms. The molecule has 0 aliphatic heterocycles. The second-order valence-electron chi connectivity index (χ2n) is 4.60. The predicted molar refractivity (Wildman–Crippen MR) is 68.5 cm³/mol. The fourth-order valence-electron chi connectivity index (χ4n) is 2.29. The Morgan fingerprint density at radius 1 is 1.42 bits per heavy atom. The van der Waals surface area contributed by atoms with Crippen molar-refractivity contribution in [2.45, 2.75) is 32.1 Å². The molecule has 3 rings (SSSR count). The molecular weight excluding hydrogens is 268 g/mol. The highest BCUT2D eigenvalue weighted by Gasteiger charge is 2.24. The van der Waals surface area contributed by atoms with E-state index in [1.165, 1.54) is 6.20 Å². The van der Waals surface area contributed by atoms with Crippen molar-refractivity contribution >= 4 is 28.7 Å². The van der Waals surface area contributed by atoms with Crippen molar-refractivity contribution in [2.75, 3.05) is 0 Å². The zero-order valence-corrected chi connectivity index (χ0v) is 10.9. The Hall–Kier alpha value is -1.69. The average molecular weight is 282 g/mol. The molecule has 0 N–H and O–H groups in total. The Bertz CT molecular complexity index is 654. The first kappa shape index (κ1) is 11.2. The van der Waals surface area contributed by atoms with E-state index in [2.05, 4.69) is 15.0 Å². The first-order valence-corrected chi connectivity index (χ1v) is 6.63. The van der Waals surface area contributed by atoms with Crippen LogP contribution < -0.4 is 4.84 Å². The molecule has 0 spiro atoms. The van der Waals surface area contributed by atoms with Gasteiger partial charge in [0, 0.05) is 0 Å². The average Bonchev–Trinajstić information content (AvgIpc) is 2.76. The molecule has 0 radical (unpaired) electrons. The van der Waals surface area contributed by atoms with Crippen LogP contribution in [0, 0.1) is 5.92 Å². The molecule has 6 nitrogen and oxygen atoms in total. The molecule has 2 aromatic rings. The zero-order chi connectivity index (χ0) is 14.1. The smallest absolute Gasteiger partial charge is 0.333 e. The number of nitrogens with zero attached hydrogens (tertiary/aromatic N) is 4. The van der Waals surface area contributed by atoms with Gasteiger partial charge >= 0.3 is 5.97 Å². The summed E-state index contributed by atoms with van der Waals surface area (Å²) in [5.74, 6) is -0.454. The van der Waals surface area contributed by atoms with Crippen LogP contribution in [0.4, 0.5) is 0 Å². The van der Waals surface area contributed by atoms with Gasteiger partial charge in [-0.1, -0.05) is 19.3 Å². The van der Waals surface area contributed by atoms with Gasteiger partial charge in [0.25, 0.3) is 0 Å². The minimum absolute atomic E-state index is 0.0207. The summed E-state index contributed by atoms with van der Waals surface area (Å²) < 4.78 is 8.75. The van der Waals surface area contributed by atoms with Crippen LogP contribution in [0.15, 0.2) is 12.5 Å². The van der Waals surface area contributed by atoms with Gasteiger partial charge in [0.2, 0.25) is 10.9 Å². The molecule has 100 valence electrons. The SMILES string of the molecule is [2H]c1nc2cnc(Cl)nc2n1OC(=O)C1CCCCC1. The Balaban J connectivity index is 1.88. The number of aromatic nitrogens is 4. The Morgan fingerprint density at radius 3 is 3.00 bits per heavy atom. The van der Waals surface area contributed by atoms with E-state index in [4.69, 9.17) is 17.8 Å². The lowest BCUT2D eigenvalue weighted by Crippen LogP contribution is -2.28. The maximum atomic E-state index is 12.1. The second kappa shape index (κ2) is 5.13. The lowest BCUT2D eigenvalue weighted by molar-refractivity contribution is -0.149. The quantitative estimate of drug-likeness (QED) is 0.788. The van der Waals surface area contributed by atoms with Crippen molar-refractivity contribution in [3.8, 4) is 0 Å². The molecule has 7 heteroatoms. The van der Waals surface area contributed by atoms with Crippen molar-refractivity contribution in [3.63, 3.8) is 0 Å². The van der Waals surface area contributed by atoms with Crippen LogP contribution in [-0.2, 0) is 4.79 Å². The van der Waals surface area contributed by atoms with Crippen molar-refractivity contribution in [2.24, 2.45) is 5.92 Å². The van der Waals surface area contributed by atoms with Gasteiger partial charge < -0.3 is 4.84 Å². The summed E-state index contributed by atoms with van der Waals surface area (Å²) in [5.41, 5.74) is 0.606. The molecule has 0 unspecified atom stereocenters. The maximum Gasteiger partial charge on any atom is 0.336 e. The first-order chi connectivity index (χ1) is 9.65. The van der Waals surface area contributed by atoms with Gasteiger partial charge in [0.05, 0.1) is 12.1 Å². The largest absolute Gasteiger partial charge is 0.336 e. The summed E-state index contributed by atoms with van der Waals surface area (Å²) in [4.78, 5) is 29.0. The standard InChI is InChI=1S/C12H13ClN4O2/c13-12-14-6-9-10(16-12)17(7-15-9)19-11(18)8-4-2-1-3-5-8/h6-8H,1-5H2/i7D. The van der Waals surface area contributed by atoms with E-state index in [0.717, 1.165) is 36.8 Å². The summed E-state index contributed by atoms with van der Waals surface area (Å²) in [7, 11) is 0. The van der Waals surface area contributed by atoms with Gasteiger partial charge in [-0.3, -0.25) is 0 Å². The van der Waals surface area contributed by atoms with Crippen LogP contribution in [0.5, 0.6) is 0 Å². The highest BCUT2D eigenvalue weighted by atomic mass is 35.5. The van der Waals surface area contributed by atoms with Gasteiger partial charge in [-0.25, -0.2) is 14.8 Å². The molecule has 0 bridgehead atoms. The van der Waals surface area contributed by atoms with Crippen LogP contribution in [0.25, 0.3) is 11.2 Å². The summed E-state index contributed by atoms with van der Waals surface area (Å²) in [6.07, 6.45) is 6.08. The van der Waals surface area contributed by atoms with Gasteiger partial charge in [-0.05, 0) is 24.4 Å². The third-order valence-corrected chi connectivity index (χ3v) is 3.48. The molecule has 0 atom stereocenters.